The molecule has 0 saturated carbocycles. The number of nitrogens with one attached hydrogen (secondary N) is 3. The molecule has 0 aliphatic rings. The van der Waals surface area contributed by atoms with Crippen LogP contribution in [0.5, 0.6) is 0 Å². The van der Waals surface area contributed by atoms with Gasteiger partial charge < -0.3 is 10.3 Å². The van der Waals surface area contributed by atoms with Gasteiger partial charge in [0.2, 0.25) is 5.91 Å². The summed E-state index contributed by atoms with van der Waals surface area (Å²) in [6, 6.07) is 3.04. The Labute approximate surface area is 101 Å². The number of aromatic amines is 2. The van der Waals surface area contributed by atoms with Crippen LogP contribution in [0.1, 0.15) is 5.56 Å². The predicted molar refractivity (Wildman–Crippen MR) is 64.0 cm³/mol. The first-order valence-electron chi connectivity index (χ1n) is 5.33. The molecule has 3 N–H and O–H groups in total. The number of amides is 1. The van der Waals surface area contributed by atoms with Crippen LogP contribution in [0.4, 0.5) is 0 Å². The smallest absolute Gasteiger partial charge is 0.328 e. The van der Waals surface area contributed by atoms with Gasteiger partial charge in [-0.2, -0.15) is 0 Å². The van der Waals surface area contributed by atoms with Crippen molar-refractivity contribution in [3.63, 3.8) is 0 Å². The molecule has 2 aromatic rings. The van der Waals surface area contributed by atoms with Crippen LogP contribution < -0.4 is 16.6 Å². The van der Waals surface area contributed by atoms with E-state index < -0.39 is 11.2 Å². The van der Waals surface area contributed by atoms with E-state index in [1.165, 1.54) is 12.3 Å². The maximum absolute atomic E-state index is 11.6. The molecule has 2 aromatic heterocycles. The Morgan fingerprint density at radius 3 is 2.83 bits per heavy atom. The first-order valence-corrected chi connectivity index (χ1v) is 5.33. The zero-order valence-electron chi connectivity index (χ0n) is 9.47. The van der Waals surface area contributed by atoms with E-state index in [1.54, 1.807) is 12.4 Å². The third-order valence-corrected chi connectivity index (χ3v) is 2.36. The first-order chi connectivity index (χ1) is 8.65. The Balaban J connectivity index is 1.95. The van der Waals surface area contributed by atoms with Gasteiger partial charge in [0.05, 0.1) is 0 Å². The van der Waals surface area contributed by atoms with Crippen LogP contribution in [0, 0.1) is 0 Å². The van der Waals surface area contributed by atoms with E-state index in [2.05, 4.69) is 15.3 Å². The lowest BCUT2D eigenvalue weighted by atomic mass is 10.3. The molecule has 7 heteroatoms. The summed E-state index contributed by atoms with van der Waals surface area (Å²) in [5, 5.41) is 2.66. The maximum atomic E-state index is 11.6. The fourth-order valence-corrected chi connectivity index (χ4v) is 1.45. The van der Waals surface area contributed by atoms with Gasteiger partial charge in [-0.05, 0) is 11.6 Å². The fraction of sp³-hybridized carbons (Fsp3) is 0.182. The Hall–Kier alpha value is -2.57. The average Bonchev–Trinajstić information content (AvgIpc) is 2.83. The van der Waals surface area contributed by atoms with Gasteiger partial charge >= 0.3 is 5.69 Å². The normalized spacial score (nSPS) is 10.2. The number of rotatable bonds is 4. The number of hydrogen-bond donors (Lipinski definition) is 3. The quantitative estimate of drug-likeness (QED) is 0.659. The lowest BCUT2D eigenvalue weighted by molar-refractivity contribution is -0.121. The monoisotopic (exact) mass is 248 g/mol. The largest absolute Gasteiger partial charge is 0.367 e. The van der Waals surface area contributed by atoms with Crippen LogP contribution in [-0.4, -0.2) is 20.4 Å². The average molecular weight is 248 g/mol. The van der Waals surface area contributed by atoms with Crippen molar-refractivity contribution in [3.05, 3.63) is 57.1 Å². The molecular weight excluding hydrogens is 236 g/mol. The van der Waals surface area contributed by atoms with Crippen LogP contribution in [0.3, 0.4) is 0 Å². The summed E-state index contributed by atoms with van der Waals surface area (Å²) in [6.07, 6.45) is 4.82. The number of carbonyl (C=O) groups excluding carboxylic acids is 1. The lowest BCUT2D eigenvalue weighted by Gasteiger charge is -2.05. The molecule has 0 atom stereocenters. The summed E-state index contributed by atoms with van der Waals surface area (Å²) in [7, 11) is 0. The summed E-state index contributed by atoms with van der Waals surface area (Å²) < 4.78 is 1.13. The fourth-order valence-electron chi connectivity index (χ4n) is 1.45. The van der Waals surface area contributed by atoms with Crippen molar-refractivity contribution in [1.82, 2.24) is 19.9 Å². The second-order valence-corrected chi connectivity index (χ2v) is 3.73. The summed E-state index contributed by atoms with van der Waals surface area (Å²) >= 11 is 0. The minimum Gasteiger partial charge on any atom is -0.367 e. The minimum absolute atomic E-state index is 0.125. The number of nitrogens with zero attached hydrogens (tertiary/aromatic N) is 1. The molecule has 0 aliphatic heterocycles. The van der Waals surface area contributed by atoms with Gasteiger partial charge in [-0.3, -0.25) is 19.1 Å². The molecule has 2 heterocycles. The van der Waals surface area contributed by atoms with E-state index in [9.17, 15) is 14.4 Å². The van der Waals surface area contributed by atoms with Crippen molar-refractivity contribution in [1.29, 1.82) is 0 Å². The molecule has 0 fully saturated rings. The maximum Gasteiger partial charge on any atom is 0.328 e. The third kappa shape index (κ3) is 2.97. The van der Waals surface area contributed by atoms with Crippen LogP contribution in [0.2, 0.25) is 0 Å². The van der Waals surface area contributed by atoms with Gasteiger partial charge in [-0.1, -0.05) is 0 Å². The molecule has 2 rings (SSSR count). The minimum atomic E-state index is -0.598. The predicted octanol–water partition coefficient (Wildman–Crippen LogP) is -0.819. The molecule has 0 saturated heterocycles. The number of hydrogen-bond acceptors (Lipinski definition) is 3. The van der Waals surface area contributed by atoms with Crippen molar-refractivity contribution >= 4 is 5.91 Å². The SMILES string of the molecule is O=C(Cn1ccc(=O)[nH]c1=O)NCc1cc[nH]c1. The highest BCUT2D eigenvalue weighted by atomic mass is 16.2. The van der Waals surface area contributed by atoms with E-state index in [4.69, 9.17) is 0 Å². The summed E-state index contributed by atoms with van der Waals surface area (Å²) in [5.41, 5.74) is -0.138. The Kier molecular flexibility index (Phi) is 3.42. The van der Waals surface area contributed by atoms with Gasteiger partial charge in [0.15, 0.2) is 0 Å². The van der Waals surface area contributed by atoms with Crippen molar-refractivity contribution < 1.29 is 4.79 Å². The van der Waals surface area contributed by atoms with Crippen LogP contribution in [0.25, 0.3) is 0 Å². The Morgan fingerprint density at radius 1 is 1.33 bits per heavy atom. The first kappa shape index (κ1) is 11.9. The van der Waals surface area contributed by atoms with Gasteiger partial charge in [0, 0.05) is 31.2 Å². The van der Waals surface area contributed by atoms with Crippen LogP contribution >= 0.6 is 0 Å². The molecule has 0 radical (unpaired) electrons. The zero-order valence-corrected chi connectivity index (χ0v) is 9.47. The van der Waals surface area contributed by atoms with Gasteiger partial charge in [-0.25, -0.2) is 4.79 Å². The van der Waals surface area contributed by atoms with E-state index in [0.29, 0.717) is 6.54 Å². The van der Waals surface area contributed by atoms with Gasteiger partial charge in [0.25, 0.3) is 5.56 Å². The Morgan fingerprint density at radius 2 is 2.17 bits per heavy atom. The van der Waals surface area contributed by atoms with E-state index in [1.807, 2.05) is 6.07 Å². The van der Waals surface area contributed by atoms with Crippen molar-refractivity contribution in [2.45, 2.75) is 13.1 Å². The molecule has 18 heavy (non-hydrogen) atoms. The highest BCUT2D eigenvalue weighted by Crippen LogP contribution is 1.94. The van der Waals surface area contributed by atoms with Crippen molar-refractivity contribution in [3.8, 4) is 0 Å². The van der Waals surface area contributed by atoms with E-state index in [0.717, 1.165) is 10.1 Å². The standard InChI is InChI=1S/C11H12N4O3/c16-9-2-4-15(11(18)14-9)7-10(17)13-6-8-1-3-12-5-8/h1-5,12H,6-7H2,(H,13,17)(H,14,16,18). The Bertz CT molecular complexity index is 639. The summed E-state index contributed by atoms with van der Waals surface area (Å²) in [4.78, 5) is 38.7. The third-order valence-electron chi connectivity index (χ3n) is 2.36. The second-order valence-electron chi connectivity index (χ2n) is 3.73. The summed E-state index contributed by atoms with van der Waals surface area (Å²) in [6.45, 7) is 0.264. The summed E-state index contributed by atoms with van der Waals surface area (Å²) in [5.74, 6) is -0.301. The zero-order chi connectivity index (χ0) is 13.0. The van der Waals surface area contributed by atoms with Crippen molar-refractivity contribution in [2.75, 3.05) is 0 Å². The molecule has 7 nitrogen and oxygen atoms in total. The highest BCUT2D eigenvalue weighted by molar-refractivity contribution is 5.75. The van der Waals surface area contributed by atoms with Crippen LogP contribution in [0.15, 0.2) is 40.3 Å². The molecule has 94 valence electrons. The van der Waals surface area contributed by atoms with Crippen molar-refractivity contribution in [2.24, 2.45) is 0 Å². The topological polar surface area (TPSA) is 99.8 Å². The molecule has 0 bridgehead atoms. The number of aromatic nitrogens is 3. The number of carbonyl (C=O) groups is 1. The van der Waals surface area contributed by atoms with Gasteiger partial charge in [0.1, 0.15) is 6.54 Å². The van der Waals surface area contributed by atoms with E-state index in [-0.39, 0.29) is 12.5 Å². The molecule has 1 amide bonds. The molecular formula is C11H12N4O3. The van der Waals surface area contributed by atoms with Crippen LogP contribution in [-0.2, 0) is 17.9 Å². The van der Waals surface area contributed by atoms with E-state index >= 15 is 0 Å². The second kappa shape index (κ2) is 5.17. The highest BCUT2D eigenvalue weighted by Gasteiger charge is 2.04. The van der Waals surface area contributed by atoms with Gasteiger partial charge in [-0.15, -0.1) is 0 Å². The molecule has 0 unspecified atom stereocenters. The lowest BCUT2D eigenvalue weighted by Crippen LogP contribution is -2.35. The molecule has 0 aliphatic carbocycles. The number of H-pyrrole nitrogens is 2. The molecule has 0 aromatic carbocycles. The molecule has 0 spiro atoms.